The molecular weight excluding hydrogens is 254 g/mol. The number of carbonyl (C=O) groups is 1. The van der Waals surface area contributed by atoms with Gasteiger partial charge in [0.05, 0.1) is 6.10 Å². The van der Waals surface area contributed by atoms with Gasteiger partial charge in [0, 0.05) is 13.0 Å². The second kappa shape index (κ2) is 7.90. The zero-order valence-electron chi connectivity index (χ0n) is 11.8. The summed E-state index contributed by atoms with van der Waals surface area (Å²) in [5, 5.41) is 11.8. The molecule has 110 valence electrons. The molecule has 2 N–H and O–H groups in total. The summed E-state index contributed by atoms with van der Waals surface area (Å²) in [6.45, 7) is 1.47. The second-order valence-electron chi connectivity index (χ2n) is 5.35. The summed E-state index contributed by atoms with van der Waals surface area (Å²) in [5.41, 5.74) is 1.18. The van der Waals surface area contributed by atoms with Crippen molar-refractivity contribution in [2.75, 3.05) is 6.54 Å². The number of carboxylic acid groups (broad SMARTS) is 1. The van der Waals surface area contributed by atoms with Crippen LogP contribution in [0, 0.1) is 0 Å². The summed E-state index contributed by atoms with van der Waals surface area (Å²) in [5.74, 6) is 0.209. The highest BCUT2D eigenvalue weighted by Crippen LogP contribution is 2.24. The molecule has 1 aromatic carbocycles. The highest BCUT2D eigenvalue weighted by molar-refractivity contribution is 5.66. The summed E-state index contributed by atoms with van der Waals surface area (Å²) in [7, 11) is 0. The second-order valence-corrected chi connectivity index (χ2v) is 5.35. The van der Waals surface area contributed by atoms with Gasteiger partial charge < -0.3 is 15.2 Å². The van der Waals surface area contributed by atoms with Crippen LogP contribution in [0.2, 0.25) is 0 Å². The predicted octanol–water partition coefficient (Wildman–Crippen LogP) is 2.96. The molecule has 0 saturated heterocycles. The lowest BCUT2D eigenvalue weighted by atomic mass is 10.2. The number of rotatable bonds is 8. The Morgan fingerprint density at radius 2 is 2.15 bits per heavy atom. The largest absolute Gasteiger partial charge is 0.490 e. The van der Waals surface area contributed by atoms with E-state index in [1.54, 1.807) is 0 Å². The monoisotopic (exact) mass is 277 g/mol. The van der Waals surface area contributed by atoms with Crippen LogP contribution in [0.5, 0.6) is 5.75 Å². The van der Waals surface area contributed by atoms with Gasteiger partial charge in [-0.05, 0) is 56.3 Å². The van der Waals surface area contributed by atoms with Crippen LogP contribution in [0.15, 0.2) is 24.3 Å². The first-order valence-electron chi connectivity index (χ1n) is 7.42. The van der Waals surface area contributed by atoms with Crippen molar-refractivity contribution in [1.82, 2.24) is 5.32 Å². The van der Waals surface area contributed by atoms with E-state index in [0.29, 0.717) is 12.5 Å². The van der Waals surface area contributed by atoms with Crippen molar-refractivity contribution in [3.8, 4) is 5.75 Å². The third-order valence-electron chi connectivity index (χ3n) is 3.58. The minimum Gasteiger partial charge on any atom is -0.490 e. The molecule has 0 heterocycles. The number of benzene rings is 1. The summed E-state index contributed by atoms with van der Waals surface area (Å²) in [6.07, 6.45) is 6.14. The van der Waals surface area contributed by atoms with Gasteiger partial charge in [0.25, 0.3) is 0 Å². The first-order valence-corrected chi connectivity index (χ1v) is 7.42. The molecule has 0 aliphatic heterocycles. The smallest absolute Gasteiger partial charge is 0.303 e. The fourth-order valence-corrected chi connectivity index (χ4v) is 2.52. The van der Waals surface area contributed by atoms with Crippen LogP contribution in [-0.4, -0.2) is 23.7 Å². The van der Waals surface area contributed by atoms with E-state index < -0.39 is 5.97 Å². The van der Waals surface area contributed by atoms with Gasteiger partial charge in [-0.15, -0.1) is 0 Å². The molecule has 0 unspecified atom stereocenters. The van der Waals surface area contributed by atoms with Crippen LogP contribution in [0.3, 0.4) is 0 Å². The average molecular weight is 277 g/mol. The first kappa shape index (κ1) is 14.9. The van der Waals surface area contributed by atoms with E-state index in [9.17, 15) is 4.79 Å². The number of ether oxygens (including phenoxy) is 1. The Morgan fingerprint density at radius 1 is 1.35 bits per heavy atom. The zero-order chi connectivity index (χ0) is 14.2. The van der Waals surface area contributed by atoms with Crippen molar-refractivity contribution in [2.24, 2.45) is 0 Å². The molecule has 20 heavy (non-hydrogen) atoms. The van der Waals surface area contributed by atoms with Crippen LogP contribution < -0.4 is 10.1 Å². The Hall–Kier alpha value is -1.55. The van der Waals surface area contributed by atoms with E-state index in [1.165, 1.54) is 18.4 Å². The van der Waals surface area contributed by atoms with Crippen LogP contribution in [0.1, 0.15) is 44.1 Å². The van der Waals surface area contributed by atoms with Crippen molar-refractivity contribution in [3.63, 3.8) is 0 Å². The standard InChI is InChI=1S/C16H23NO3/c18-16(19)9-4-10-17-12-13-5-3-8-15(11-13)20-14-6-1-2-7-14/h3,5,8,11,14,17H,1-2,4,6-7,9-10,12H2,(H,18,19). The quantitative estimate of drug-likeness (QED) is 0.717. The van der Waals surface area contributed by atoms with Crippen LogP contribution in [0.25, 0.3) is 0 Å². The van der Waals surface area contributed by atoms with Crippen molar-refractivity contribution in [3.05, 3.63) is 29.8 Å². The van der Waals surface area contributed by atoms with Gasteiger partial charge in [-0.3, -0.25) is 4.79 Å². The number of aliphatic carboxylic acids is 1. The lowest BCUT2D eigenvalue weighted by molar-refractivity contribution is -0.137. The highest BCUT2D eigenvalue weighted by Gasteiger charge is 2.16. The Morgan fingerprint density at radius 3 is 2.90 bits per heavy atom. The van der Waals surface area contributed by atoms with Crippen LogP contribution >= 0.6 is 0 Å². The fraction of sp³-hybridized carbons (Fsp3) is 0.562. The molecule has 4 heteroatoms. The van der Waals surface area contributed by atoms with Gasteiger partial charge in [0.1, 0.15) is 5.75 Å². The van der Waals surface area contributed by atoms with E-state index >= 15 is 0 Å². The van der Waals surface area contributed by atoms with E-state index in [0.717, 1.165) is 31.7 Å². The van der Waals surface area contributed by atoms with Gasteiger partial charge in [0.2, 0.25) is 0 Å². The van der Waals surface area contributed by atoms with Gasteiger partial charge in [-0.25, -0.2) is 0 Å². The first-order chi connectivity index (χ1) is 9.74. The fourth-order valence-electron chi connectivity index (χ4n) is 2.52. The lowest BCUT2D eigenvalue weighted by Gasteiger charge is -2.14. The van der Waals surface area contributed by atoms with E-state index in [1.807, 2.05) is 12.1 Å². The summed E-state index contributed by atoms with van der Waals surface area (Å²) < 4.78 is 5.97. The van der Waals surface area contributed by atoms with Gasteiger partial charge in [0.15, 0.2) is 0 Å². The zero-order valence-corrected chi connectivity index (χ0v) is 11.8. The highest BCUT2D eigenvalue weighted by atomic mass is 16.5. The molecule has 0 atom stereocenters. The molecule has 0 aromatic heterocycles. The van der Waals surface area contributed by atoms with Crippen molar-refractivity contribution in [1.29, 1.82) is 0 Å². The van der Waals surface area contributed by atoms with Gasteiger partial charge >= 0.3 is 5.97 Å². The molecule has 0 bridgehead atoms. The Bertz CT molecular complexity index is 427. The van der Waals surface area contributed by atoms with Crippen molar-refractivity contribution >= 4 is 5.97 Å². The van der Waals surface area contributed by atoms with Crippen molar-refractivity contribution < 1.29 is 14.6 Å². The third kappa shape index (κ3) is 5.21. The molecule has 1 fully saturated rings. The molecule has 4 nitrogen and oxygen atoms in total. The molecule has 1 saturated carbocycles. The van der Waals surface area contributed by atoms with Crippen LogP contribution in [-0.2, 0) is 11.3 Å². The molecule has 0 radical (unpaired) electrons. The molecule has 1 aliphatic carbocycles. The maximum Gasteiger partial charge on any atom is 0.303 e. The molecule has 0 spiro atoms. The topological polar surface area (TPSA) is 58.6 Å². The van der Waals surface area contributed by atoms with E-state index in [4.69, 9.17) is 9.84 Å². The Kier molecular flexibility index (Phi) is 5.87. The van der Waals surface area contributed by atoms with Gasteiger partial charge in [-0.2, -0.15) is 0 Å². The summed E-state index contributed by atoms with van der Waals surface area (Å²) in [4.78, 5) is 10.4. The predicted molar refractivity (Wildman–Crippen MR) is 77.9 cm³/mol. The Labute approximate surface area is 120 Å². The number of nitrogens with one attached hydrogen (secondary N) is 1. The lowest BCUT2D eigenvalue weighted by Crippen LogP contribution is -2.16. The summed E-state index contributed by atoms with van der Waals surface area (Å²) >= 11 is 0. The molecule has 1 aromatic rings. The van der Waals surface area contributed by atoms with E-state index in [2.05, 4.69) is 17.4 Å². The maximum absolute atomic E-state index is 10.4. The van der Waals surface area contributed by atoms with Crippen molar-refractivity contribution in [2.45, 2.75) is 51.2 Å². The summed E-state index contributed by atoms with van der Waals surface area (Å²) in [6, 6.07) is 8.15. The minimum atomic E-state index is -0.737. The minimum absolute atomic E-state index is 0.220. The average Bonchev–Trinajstić information content (AvgIpc) is 2.91. The number of carboxylic acids is 1. The molecule has 1 aliphatic rings. The number of hydrogen-bond donors (Lipinski definition) is 2. The molecular formula is C16H23NO3. The Balaban J connectivity index is 1.72. The van der Waals surface area contributed by atoms with Gasteiger partial charge in [-0.1, -0.05) is 12.1 Å². The third-order valence-corrected chi connectivity index (χ3v) is 3.58. The van der Waals surface area contributed by atoms with Crippen LogP contribution in [0.4, 0.5) is 0 Å². The SMILES string of the molecule is O=C(O)CCCNCc1cccc(OC2CCCC2)c1. The van der Waals surface area contributed by atoms with E-state index in [-0.39, 0.29) is 6.42 Å². The number of hydrogen-bond acceptors (Lipinski definition) is 3. The maximum atomic E-state index is 10.4. The molecule has 0 amide bonds. The molecule has 2 rings (SSSR count). The normalized spacial score (nSPS) is 15.4.